The van der Waals surface area contributed by atoms with Crippen LogP contribution in [-0.4, -0.2) is 81.4 Å². The number of carboxylic acids is 3. The van der Waals surface area contributed by atoms with Crippen molar-refractivity contribution in [2.75, 3.05) is 12.3 Å². The number of hydrogen-bond acceptors (Lipinski definition) is 8. The summed E-state index contributed by atoms with van der Waals surface area (Å²) in [6.07, 6.45) is -1.70. The van der Waals surface area contributed by atoms with Gasteiger partial charge in [-0.2, -0.15) is 12.6 Å². The molecule has 0 bridgehead atoms. The normalized spacial score (nSPS) is 13.6. The molecule has 0 radical (unpaired) electrons. The lowest BCUT2D eigenvalue weighted by Crippen LogP contribution is -2.57. The van der Waals surface area contributed by atoms with E-state index in [9.17, 15) is 28.8 Å². The molecule has 0 heterocycles. The van der Waals surface area contributed by atoms with Crippen LogP contribution >= 0.6 is 12.6 Å². The van der Waals surface area contributed by atoms with Gasteiger partial charge in [-0.1, -0.05) is 0 Å². The van der Waals surface area contributed by atoms with Crippen LogP contribution in [0.15, 0.2) is 0 Å². The number of thiol groups is 1. The number of amides is 3. The second-order valence-corrected chi connectivity index (χ2v) is 5.53. The third-order valence-electron chi connectivity index (χ3n) is 3.02. The molecule has 0 aromatic heterocycles. The van der Waals surface area contributed by atoms with Crippen LogP contribution in [0.25, 0.3) is 0 Å². The average molecular weight is 408 g/mol. The molecular weight excluding hydrogens is 388 g/mol. The van der Waals surface area contributed by atoms with Gasteiger partial charge in [0, 0.05) is 5.75 Å². The smallest absolute Gasteiger partial charge is 0.326 e. The van der Waals surface area contributed by atoms with E-state index in [0.717, 1.165) is 0 Å². The second-order valence-electron chi connectivity index (χ2n) is 5.16. The van der Waals surface area contributed by atoms with Gasteiger partial charge < -0.3 is 37.0 Å². The van der Waals surface area contributed by atoms with Gasteiger partial charge in [0.2, 0.25) is 17.7 Å². The lowest BCUT2D eigenvalue weighted by atomic mass is 10.1. The number of hydrogen-bond donors (Lipinski definition) is 8. The Hall–Kier alpha value is -2.87. The van der Waals surface area contributed by atoms with E-state index in [4.69, 9.17) is 21.1 Å². The van der Waals surface area contributed by atoms with Crippen molar-refractivity contribution in [2.45, 2.75) is 31.0 Å². The monoisotopic (exact) mass is 408 g/mol. The van der Waals surface area contributed by atoms with E-state index in [2.05, 4.69) is 23.3 Å². The lowest BCUT2D eigenvalue weighted by molar-refractivity contribution is -0.147. The molecule has 8 N–H and O–H groups in total. The second kappa shape index (κ2) is 11.7. The predicted octanol–water partition coefficient (Wildman–Crippen LogP) is -3.64. The topological polar surface area (TPSA) is 225 Å². The van der Waals surface area contributed by atoms with E-state index in [1.165, 1.54) is 0 Å². The predicted molar refractivity (Wildman–Crippen MR) is 90.8 cm³/mol. The molecule has 27 heavy (non-hydrogen) atoms. The summed E-state index contributed by atoms with van der Waals surface area (Å²) in [4.78, 5) is 67.9. The van der Waals surface area contributed by atoms with Crippen LogP contribution in [0.3, 0.4) is 0 Å². The Kier molecular flexibility index (Phi) is 10.4. The van der Waals surface area contributed by atoms with Crippen LogP contribution in [-0.2, 0) is 28.8 Å². The number of aliphatic carboxylic acids is 3. The first-order chi connectivity index (χ1) is 12.5. The molecule has 3 unspecified atom stereocenters. The fourth-order valence-electron chi connectivity index (χ4n) is 1.75. The molecule has 0 aliphatic heterocycles. The minimum absolute atomic E-state index is 0.318. The molecule has 0 saturated heterocycles. The van der Waals surface area contributed by atoms with Crippen molar-refractivity contribution >= 4 is 48.3 Å². The number of nitrogens with two attached hydrogens (primary N) is 1. The third-order valence-corrected chi connectivity index (χ3v) is 3.39. The largest absolute Gasteiger partial charge is 0.481 e. The quantitative estimate of drug-likeness (QED) is 0.148. The fraction of sp³-hybridized carbons (Fsp3) is 0.538. The first kappa shape index (κ1) is 24.1. The lowest BCUT2D eigenvalue weighted by Gasteiger charge is -2.22. The van der Waals surface area contributed by atoms with Gasteiger partial charge in [0.25, 0.3) is 0 Å². The van der Waals surface area contributed by atoms with Gasteiger partial charge in [-0.15, -0.1) is 0 Å². The summed E-state index contributed by atoms with van der Waals surface area (Å²) in [5.74, 6) is -7.71. The minimum Gasteiger partial charge on any atom is -0.481 e. The van der Waals surface area contributed by atoms with E-state index in [1.54, 1.807) is 0 Å². The Morgan fingerprint density at radius 1 is 0.778 bits per heavy atom. The standard InChI is InChI=1S/C13H20N4O9S/c14-3-8(18)15-5(1-9(19)20)11(23)17-7(4-27)12(24)16-6(13(25)26)2-10(21)22/h5-7,27H,1-4,14H2,(H,15,18)(H,16,24)(H,17,23)(H,19,20)(H,21,22)(H,25,26). The number of nitrogens with one attached hydrogen (secondary N) is 3. The Labute approximate surface area is 158 Å². The first-order valence-corrected chi connectivity index (χ1v) is 8.02. The van der Waals surface area contributed by atoms with Crippen LogP contribution in [0.2, 0.25) is 0 Å². The van der Waals surface area contributed by atoms with Crippen LogP contribution in [0.4, 0.5) is 0 Å². The van der Waals surface area contributed by atoms with E-state index in [-0.39, 0.29) is 5.75 Å². The molecule has 0 spiro atoms. The van der Waals surface area contributed by atoms with E-state index in [1.807, 2.05) is 5.32 Å². The molecule has 0 aromatic carbocycles. The van der Waals surface area contributed by atoms with Crippen molar-refractivity contribution in [2.24, 2.45) is 5.73 Å². The van der Waals surface area contributed by atoms with Gasteiger partial charge in [-0.05, 0) is 0 Å². The van der Waals surface area contributed by atoms with Gasteiger partial charge in [-0.25, -0.2) is 4.79 Å². The van der Waals surface area contributed by atoms with Gasteiger partial charge in [0.1, 0.15) is 18.1 Å². The zero-order valence-electron chi connectivity index (χ0n) is 13.9. The zero-order chi connectivity index (χ0) is 21.1. The van der Waals surface area contributed by atoms with Gasteiger partial charge >= 0.3 is 17.9 Å². The average Bonchev–Trinajstić information content (AvgIpc) is 2.56. The highest BCUT2D eigenvalue weighted by Crippen LogP contribution is 1.99. The molecule has 3 amide bonds. The molecule has 0 aliphatic carbocycles. The van der Waals surface area contributed by atoms with Crippen molar-refractivity contribution in [1.29, 1.82) is 0 Å². The third kappa shape index (κ3) is 9.41. The molecule has 0 saturated carbocycles. The Balaban J connectivity index is 5.12. The van der Waals surface area contributed by atoms with Crippen molar-refractivity contribution in [3.05, 3.63) is 0 Å². The highest BCUT2D eigenvalue weighted by atomic mass is 32.1. The van der Waals surface area contributed by atoms with Crippen molar-refractivity contribution in [3.8, 4) is 0 Å². The number of carbonyl (C=O) groups excluding carboxylic acids is 3. The molecule has 0 fully saturated rings. The fourth-order valence-corrected chi connectivity index (χ4v) is 2.01. The summed E-state index contributed by atoms with van der Waals surface area (Å²) < 4.78 is 0. The van der Waals surface area contributed by atoms with E-state index in [0.29, 0.717) is 0 Å². The highest BCUT2D eigenvalue weighted by molar-refractivity contribution is 7.80. The van der Waals surface area contributed by atoms with Crippen LogP contribution in [0.5, 0.6) is 0 Å². The summed E-state index contributed by atoms with van der Waals surface area (Å²) >= 11 is 3.84. The SMILES string of the molecule is NCC(=O)NC(CC(=O)O)C(=O)NC(CS)C(=O)NC(CC(=O)O)C(=O)O. The Morgan fingerprint density at radius 3 is 1.63 bits per heavy atom. The van der Waals surface area contributed by atoms with Crippen molar-refractivity contribution in [1.82, 2.24) is 16.0 Å². The summed E-state index contributed by atoms with van der Waals surface area (Å²) in [5.41, 5.74) is 5.08. The molecule has 0 rings (SSSR count). The summed E-state index contributed by atoms with van der Waals surface area (Å²) in [6.45, 7) is -0.505. The maximum atomic E-state index is 12.1. The van der Waals surface area contributed by atoms with Gasteiger partial charge in [0.05, 0.1) is 19.4 Å². The van der Waals surface area contributed by atoms with Gasteiger partial charge in [0.15, 0.2) is 0 Å². The number of rotatable bonds is 12. The molecular formula is C13H20N4O9S. The molecule has 0 aromatic rings. The molecule has 3 atom stereocenters. The number of carboxylic acid groups (broad SMARTS) is 3. The maximum absolute atomic E-state index is 12.1. The van der Waals surface area contributed by atoms with Crippen LogP contribution in [0.1, 0.15) is 12.8 Å². The summed E-state index contributed by atoms with van der Waals surface area (Å²) in [6, 6.07) is -4.70. The first-order valence-electron chi connectivity index (χ1n) is 7.39. The van der Waals surface area contributed by atoms with Gasteiger partial charge in [-0.3, -0.25) is 24.0 Å². The maximum Gasteiger partial charge on any atom is 0.326 e. The van der Waals surface area contributed by atoms with E-state index < -0.39 is 73.1 Å². The molecule has 0 aliphatic rings. The molecule has 152 valence electrons. The van der Waals surface area contributed by atoms with Crippen LogP contribution < -0.4 is 21.7 Å². The molecule has 14 heteroatoms. The summed E-state index contributed by atoms with van der Waals surface area (Å²) in [7, 11) is 0. The molecule has 13 nitrogen and oxygen atoms in total. The van der Waals surface area contributed by atoms with Crippen LogP contribution in [0, 0.1) is 0 Å². The van der Waals surface area contributed by atoms with Crippen molar-refractivity contribution in [3.63, 3.8) is 0 Å². The number of carbonyl (C=O) groups is 6. The minimum atomic E-state index is -1.75. The highest BCUT2D eigenvalue weighted by Gasteiger charge is 2.30. The summed E-state index contributed by atoms with van der Waals surface area (Å²) in [5, 5.41) is 32.5. The zero-order valence-corrected chi connectivity index (χ0v) is 14.8. The Morgan fingerprint density at radius 2 is 1.22 bits per heavy atom. The Bertz CT molecular complexity index is 613. The van der Waals surface area contributed by atoms with Crippen molar-refractivity contribution < 1.29 is 44.1 Å². The van der Waals surface area contributed by atoms with E-state index >= 15 is 0 Å².